The second-order valence-corrected chi connectivity index (χ2v) is 6.59. The Morgan fingerprint density at radius 3 is 2.52 bits per heavy atom. The minimum Gasteiger partial charge on any atom is -0.467 e. The Morgan fingerprint density at radius 1 is 1.24 bits per heavy atom. The van der Waals surface area contributed by atoms with Crippen molar-refractivity contribution in [2.24, 2.45) is 5.92 Å². The smallest absolute Gasteiger partial charge is 0.328 e. The normalized spacial score (nSPS) is 16.6. The Morgan fingerprint density at radius 2 is 1.96 bits per heavy atom. The Balaban J connectivity index is 1.77. The van der Waals surface area contributed by atoms with E-state index in [1.807, 2.05) is 38.2 Å². The molecule has 2 amide bonds. The summed E-state index contributed by atoms with van der Waals surface area (Å²) in [6, 6.07) is 5.13. The van der Waals surface area contributed by atoms with Gasteiger partial charge in [0.1, 0.15) is 6.04 Å². The minimum atomic E-state index is -0.611. The maximum Gasteiger partial charge on any atom is 0.328 e. The molecule has 2 rings (SSSR count). The van der Waals surface area contributed by atoms with Crippen LogP contribution in [0.15, 0.2) is 24.4 Å². The van der Waals surface area contributed by atoms with Crippen molar-refractivity contribution in [1.82, 2.24) is 20.1 Å². The molecule has 1 aliphatic heterocycles. The number of amides is 2. The van der Waals surface area contributed by atoms with Crippen molar-refractivity contribution in [2.75, 3.05) is 39.8 Å². The van der Waals surface area contributed by atoms with E-state index in [1.54, 1.807) is 4.90 Å². The molecule has 0 bridgehead atoms. The van der Waals surface area contributed by atoms with E-state index in [-0.39, 0.29) is 11.9 Å². The first kappa shape index (κ1) is 19.2. The molecule has 1 fully saturated rings. The summed E-state index contributed by atoms with van der Waals surface area (Å²) >= 11 is 0. The predicted octanol–water partition coefficient (Wildman–Crippen LogP) is 1.15. The van der Waals surface area contributed by atoms with Gasteiger partial charge in [-0.25, -0.2) is 9.59 Å². The molecule has 0 unspecified atom stereocenters. The van der Waals surface area contributed by atoms with Crippen molar-refractivity contribution >= 4 is 12.0 Å². The van der Waals surface area contributed by atoms with E-state index < -0.39 is 12.0 Å². The molecular weight excluding hydrogens is 320 g/mol. The lowest BCUT2D eigenvalue weighted by Gasteiger charge is -2.35. The fourth-order valence-electron chi connectivity index (χ4n) is 2.84. The molecule has 0 saturated carbocycles. The van der Waals surface area contributed by atoms with Crippen LogP contribution in [0, 0.1) is 5.92 Å². The molecule has 1 saturated heterocycles. The second-order valence-electron chi connectivity index (χ2n) is 6.59. The topological polar surface area (TPSA) is 74.8 Å². The number of nitrogens with zero attached hydrogens (tertiary/aromatic N) is 3. The summed E-state index contributed by atoms with van der Waals surface area (Å²) in [7, 11) is 1.34. The molecule has 1 aromatic rings. The van der Waals surface area contributed by atoms with Crippen LogP contribution in [0.25, 0.3) is 0 Å². The van der Waals surface area contributed by atoms with E-state index in [9.17, 15) is 9.59 Å². The van der Waals surface area contributed by atoms with Gasteiger partial charge in [0.05, 0.1) is 7.11 Å². The highest BCUT2D eigenvalue weighted by Gasteiger charge is 2.28. The monoisotopic (exact) mass is 348 g/mol. The molecule has 7 heteroatoms. The Kier molecular flexibility index (Phi) is 7.18. The summed E-state index contributed by atoms with van der Waals surface area (Å²) in [5.74, 6) is -0.423. The zero-order valence-electron chi connectivity index (χ0n) is 15.3. The molecule has 0 aromatic carbocycles. The van der Waals surface area contributed by atoms with Crippen LogP contribution in [0.4, 0.5) is 4.79 Å². The number of methoxy groups -OCH3 is 1. The first-order valence-electron chi connectivity index (χ1n) is 8.76. The van der Waals surface area contributed by atoms with Crippen molar-refractivity contribution in [3.05, 3.63) is 30.1 Å². The van der Waals surface area contributed by atoms with Crippen LogP contribution in [0.5, 0.6) is 0 Å². The van der Waals surface area contributed by atoms with Crippen molar-refractivity contribution in [1.29, 1.82) is 0 Å². The van der Waals surface area contributed by atoms with Crippen LogP contribution in [-0.4, -0.2) is 72.7 Å². The fourth-order valence-corrected chi connectivity index (χ4v) is 2.84. The summed E-state index contributed by atoms with van der Waals surface area (Å²) in [5.41, 5.74) is 1.08. The van der Waals surface area contributed by atoms with Gasteiger partial charge in [0, 0.05) is 51.0 Å². The van der Waals surface area contributed by atoms with Gasteiger partial charge < -0.3 is 15.0 Å². The minimum absolute atomic E-state index is 0.0175. The maximum absolute atomic E-state index is 12.4. The van der Waals surface area contributed by atoms with Gasteiger partial charge in [-0.2, -0.15) is 0 Å². The number of carbonyl (C=O) groups excluding carboxylic acids is 2. The number of hydrogen-bond acceptors (Lipinski definition) is 5. The number of esters is 1. The highest BCUT2D eigenvalue weighted by molar-refractivity contribution is 5.83. The lowest BCUT2D eigenvalue weighted by molar-refractivity contribution is -0.144. The average Bonchev–Trinajstić information content (AvgIpc) is 2.64. The lowest BCUT2D eigenvalue weighted by atomic mass is 10.1. The van der Waals surface area contributed by atoms with Gasteiger partial charge in [0.15, 0.2) is 0 Å². The van der Waals surface area contributed by atoms with E-state index in [4.69, 9.17) is 4.74 Å². The van der Waals surface area contributed by atoms with Gasteiger partial charge >= 0.3 is 12.0 Å². The number of rotatable bonds is 6. The molecule has 0 aliphatic carbocycles. The second kappa shape index (κ2) is 9.36. The molecule has 1 aliphatic rings. The molecule has 0 spiro atoms. The number of carbonyl (C=O) groups is 2. The Labute approximate surface area is 149 Å². The zero-order chi connectivity index (χ0) is 18.2. The summed E-state index contributed by atoms with van der Waals surface area (Å²) < 4.78 is 4.77. The molecule has 7 nitrogen and oxygen atoms in total. The van der Waals surface area contributed by atoms with E-state index in [2.05, 4.69) is 15.2 Å². The lowest BCUT2D eigenvalue weighted by Crippen LogP contribution is -2.55. The first-order chi connectivity index (χ1) is 12.0. The van der Waals surface area contributed by atoms with E-state index in [0.29, 0.717) is 13.1 Å². The molecule has 0 radical (unpaired) electrons. The van der Waals surface area contributed by atoms with Gasteiger partial charge in [-0.05, 0) is 18.1 Å². The third-order valence-electron chi connectivity index (χ3n) is 4.47. The molecule has 138 valence electrons. The van der Waals surface area contributed by atoms with E-state index >= 15 is 0 Å². The van der Waals surface area contributed by atoms with Crippen LogP contribution in [0.2, 0.25) is 0 Å². The van der Waals surface area contributed by atoms with Crippen molar-refractivity contribution in [3.8, 4) is 0 Å². The van der Waals surface area contributed by atoms with E-state index in [0.717, 1.165) is 31.7 Å². The number of aromatic nitrogens is 1. The van der Waals surface area contributed by atoms with E-state index in [1.165, 1.54) is 7.11 Å². The van der Waals surface area contributed by atoms with Crippen LogP contribution in [-0.2, 0) is 16.0 Å². The number of piperazine rings is 1. The molecule has 25 heavy (non-hydrogen) atoms. The summed E-state index contributed by atoms with van der Waals surface area (Å²) in [6.07, 6.45) is 2.72. The number of pyridine rings is 1. The highest BCUT2D eigenvalue weighted by Crippen LogP contribution is 2.08. The number of nitrogens with one attached hydrogen (secondary N) is 1. The van der Waals surface area contributed by atoms with Gasteiger partial charge in [-0.3, -0.25) is 9.88 Å². The van der Waals surface area contributed by atoms with Crippen LogP contribution in [0.1, 0.15) is 19.5 Å². The third-order valence-corrected chi connectivity index (χ3v) is 4.47. The third kappa shape index (κ3) is 5.70. The van der Waals surface area contributed by atoms with Gasteiger partial charge in [-0.1, -0.05) is 19.9 Å². The Hall–Kier alpha value is -2.15. The predicted molar refractivity (Wildman–Crippen MR) is 95.1 cm³/mol. The van der Waals surface area contributed by atoms with Crippen molar-refractivity contribution < 1.29 is 14.3 Å². The molecular formula is C18H28N4O3. The quantitative estimate of drug-likeness (QED) is 0.781. The van der Waals surface area contributed by atoms with Gasteiger partial charge in [-0.15, -0.1) is 0 Å². The first-order valence-corrected chi connectivity index (χ1v) is 8.76. The fraction of sp³-hybridized carbons (Fsp3) is 0.611. The number of ether oxygens (including phenoxy) is 1. The SMILES string of the molecule is COC(=O)[C@H](NC(=O)N1CCN(CCc2ccccn2)CC1)C(C)C. The number of hydrogen-bond donors (Lipinski definition) is 1. The standard InChI is InChI=1S/C18H28N4O3/c1-14(2)16(17(23)25-3)20-18(24)22-12-10-21(11-13-22)9-7-15-6-4-5-8-19-15/h4-6,8,14,16H,7,9-13H2,1-3H3,(H,20,24)/t16-/m1/s1. The van der Waals surface area contributed by atoms with Crippen molar-refractivity contribution in [3.63, 3.8) is 0 Å². The van der Waals surface area contributed by atoms with Crippen LogP contribution < -0.4 is 5.32 Å². The number of urea groups is 1. The molecule has 1 atom stereocenters. The average molecular weight is 348 g/mol. The highest BCUT2D eigenvalue weighted by atomic mass is 16.5. The Bertz CT molecular complexity index is 557. The largest absolute Gasteiger partial charge is 0.467 e. The summed E-state index contributed by atoms with van der Waals surface area (Å²) in [5, 5.41) is 2.79. The summed E-state index contributed by atoms with van der Waals surface area (Å²) in [6.45, 7) is 7.66. The molecule has 1 aromatic heterocycles. The van der Waals surface area contributed by atoms with Crippen LogP contribution >= 0.6 is 0 Å². The zero-order valence-corrected chi connectivity index (χ0v) is 15.3. The maximum atomic E-state index is 12.4. The molecule has 2 heterocycles. The van der Waals surface area contributed by atoms with Crippen molar-refractivity contribution in [2.45, 2.75) is 26.3 Å². The molecule has 1 N–H and O–H groups in total. The van der Waals surface area contributed by atoms with Gasteiger partial charge in [0.25, 0.3) is 0 Å². The van der Waals surface area contributed by atoms with Gasteiger partial charge in [0.2, 0.25) is 0 Å². The summed E-state index contributed by atoms with van der Waals surface area (Å²) in [4.78, 5) is 32.6. The van der Waals surface area contributed by atoms with Crippen LogP contribution in [0.3, 0.4) is 0 Å².